The topological polar surface area (TPSA) is 89.9 Å². The molecule has 1 aromatic rings. The Morgan fingerprint density at radius 1 is 1.15 bits per heavy atom. The van der Waals surface area contributed by atoms with Crippen molar-refractivity contribution in [2.75, 3.05) is 6.61 Å². The van der Waals surface area contributed by atoms with E-state index in [9.17, 15) is 19.5 Å². The predicted octanol–water partition coefficient (Wildman–Crippen LogP) is 3.65. The van der Waals surface area contributed by atoms with E-state index >= 15 is 0 Å². The number of allylic oxidation sites excluding steroid dienone is 2. The van der Waals surface area contributed by atoms with Crippen LogP contribution in [0.15, 0.2) is 41.5 Å². The smallest absolute Gasteiger partial charge is 0.334 e. The quantitative estimate of drug-likeness (QED) is 0.453. The maximum atomic E-state index is 12.2. The van der Waals surface area contributed by atoms with Gasteiger partial charge in [-0.25, -0.2) is 4.79 Å². The second kappa shape index (κ2) is 9.56. The Kier molecular flexibility index (Phi) is 7.77. The highest BCUT2D eigenvalue weighted by Gasteiger charge is 2.17. The Morgan fingerprint density at radius 3 is 2.38 bits per heavy atom. The number of phenolic OH excluding ortho intramolecular Hbond substituents is 1. The van der Waals surface area contributed by atoms with Crippen LogP contribution in [-0.4, -0.2) is 29.4 Å². The van der Waals surface area contributed by atoms with Gasteiger partial charge in [-0.2, -0.15) is 0 Å². The van der Waals surface area contributed by atoms with Crippen molar-refractivity contribution in [1.29, 1.82) is 0 Å². The van der Waals surface area contributed by atoms with E-state index in [-0.39, 0.29) is 23.7 Å². The number of phenols is 1. The molecule has 140 valence electrons. The number of carbonyl (C=O) groups excluding carboxylic acids is 3. The minimum absolute atomic E-state index is 0.00872. The fourth-order valence-electron chi connectivity index (χ4n) is 2.03. The van der Waals surface area contributed by atoms with Gasteiger partial charge in [0.2, 0.25) is 0 Å². The molecular weight excluding hydrogens is 336 g/mol. The molecule has 6 nitrogen and oxygen atoms in total. The van der Waals surface area contributed by atoms with Gasteiger partial charge in [0.05, 0.1) is 5.56 Å². The number of ketones is 1. The average molecular weight is 360 g/mol. The summed E-state index contributed by atoms with van der Waals surface area (Å²) in [6.07, 6.45) is 2.26. The SMILES string of the molecule is CC(=O)OCC=C(C)C(=O)OC(C)c1ccc(O)c(C(=O)C=C(C)C)c1. The average Bonchev–Trinajstić information content (AvgIpc) is 2.53. The van der Waals surface area contributed by atoms with Crippen LogP contribution in [0.4, 0.5) is 0 Å². The molecular formula is C20H24O6. The lowest BCUT2D eigenvalue weighted by atomic mass is 10.0. The third-order valence-electron chi connectivity index (χ3n) is 3.46. The monoisotopic (exact) mass is 360 g/mol. The Labute approximate surface area is 153 Å². The molecule has 1 unspecified atom stereocenters. The lowest BCUT2D eigenvalue weighted by Gasteiger charge is -2.15. The highest BCUT2D eigenvalue weighted by atomic mass is 16.5. The van der Waals surface area contributed by atoms with Crippen LogP contribution in [0.1, 0.15) is 56.6 Å². The standard InChI is InChI=1S/C20H24O6/c1-12(2)10-19(23)17-11-16(6-7-18(17)22)14(4)26-20(24)13(3)8-9-25-15(5)21/h6-8,10-11,14,22H,9H2,1-5H3. The van der Waals surface area contributed by atoms with Crippen molar-refractivity contribution >= 4 is 17.7 Å². The Morgan fingerprint density at radius 2 is 1.81 bits per heavy atom. The number of hydrogen-bond acceptors (Lipinski definition) is 6. The van der Waals surface area contributed by atoms with E-state index < -0.39 is 18.0 Å². The van der Waals surface area contributed by atoms with Crippen LogP contribution in [0.25, 0.3) is 0 Å². The summed E-state index contributed by atoms with van der Waals surface area (Å²) in [5.74, 6) is -1.45. The van der Waals surface area contributed by atoms with E-state index in [1.807, 2.05) is 0 Å². The second-order valence-electron chi connectivity index (χ2n) is 6.10. The molecule has 0 spiro atoms. The number of ether oxygens (including phenoxy) is 2. The molecule has 0 aromatic heterocycles. The largest absolute Gasteiger partial charge is 0.507 e. The van der Waals surface area contributed by atoms with Gasteiger partial charge in [0.1, 0.15) is 18.5 Å². The van der Waals surface area contributed by atoms with Gasteiger partial charge >= 0.3 is 11.9 Å². The Hall–Kier alpha value is -2.89. The third-order valence-corrected chi connectivity index (χ3v) is 3.46. The van der Waals surface area contributed by atoms with E-state index in [1.54, 1.807) is 33.8 Å². The van der Waals surface area contributed by atoms with E-state index in [2.05, 4.69) is 0 Å². The lowest BCUT2D eigenvalue weighted by molar-refractivity contribution is -0.144. The fraction of sp³-hybridized carbons (Fsp3) is 0.350. The van der Waals surface area contributed by atoms with Gasteiger partial charge in [-0.1, -0.05) is 11.6 Å². The van der Waals surface area contributed by atoms with Gasteiger partial charge in [0, 0.05) is 12.5 Å². The zero-order valence-corrected chi connectivity index (χ0v) is 15.7. The molecule has 1 rings (SSSR count). The summed E-state index contributed by atoms with van der Waals surface area (Å²) in [5.41, 5.74) is 1.84. The molecule has 0 bridgehead atoms. The number of carbonyl (C=O) groups is 3. The third kappa shape index (κ3) is 6.55. The zero-order valence-electron chi connectivity index (χ0n) is 15.7. The summed E-state index contributed by atoms with van der Waals surface area (Å²) in [6.45, 7) is 8.06. The van der Waals surface area contributed by atoms with E-state index in [0.717, 1.165) is 5.57 Å². The first kappa shape index (κ1) is 21.2. The lowest BCUT2D eigenvalue weighted by Crippen LogP contribution is -2.11. The molecule has 0 saturated carbocycles. The van der Waals surface area contributed by atoms with Crippen molar-refractivity contribution in [3.8, 4) is 5.75 Å². The van der Waals surface area contributed by atoms with Gasteiger partial charge in [-0.3, -0.25) is 9.59 Å². The van der Waals surface area contributed by atoms with Crippen molar-refractivity contribution in [1.82, 2.24) is 0 Å². The van der Waals surface area contributed by atoms with Crippen LogP contribution in [0, 0.1) is 0 Å². The number of aromatic hydroxyl groups is 1. The van der Waals surface area contributed by atoms with Crippen LogP contribution < -0.4 is 0 Å². The highest BCUT2D eigenvalue weighted by molar-refractivity contribution is 6.06. The van der Waals surface area contributed by atoms with Crippen molar-refractivity contribution in [3.63, 3.8) is 0 Å². The molecule has 1 atom stereocenters. The van der Waals surface area contributed by atoms with E-state index in [0.29, 0.717) is 11.1 Å². The van der Waals surface area contributed by atoms with Crippen molar-refractivity contribution < 1.29 is 29.0 Å². The normalized spacial score (nSPS) is 12.1. The van der Waals surface area contributed by atoms with Crippen molar-refractivity contribution in [2.45, 2.75) is 40.7 Å². The first-order valence-electron chi connectivity index (χ1n) is 8.15. The van der Waals surface area contributed by atoms with Gasteiger partial charge in [-0.15, -0.1) is 0 Å². The molecule has 26 heavy (non-hydrogen) atoms. The maximum Gasteiger partial charge on any atom is 0.334 e. The molecule has 0 amide bonds. The van der Waals surface area contributed by atoms with E-state index in [1.165, 1.54) is 31.2 Å². The Bertz CT molecular complexity index is 754. The highest BCUT2D eigenvalue weighted by Crippen LogP contribution is 2.26. The second-order valence-corrected chi connectivity index (χ2v) is 6.10. The molecule has 0 aliphatic rings. The van der Waals surface area contributed by atoms with Crippen LogP contribution in [-0.2, 0) is 19.1 Å². The molecule has 0 aliphatic carbocycles. The molecule has 6 heteroatoms. The summed E-state index contributed by atoms with van der Waals surface area (Å²) < 4.78 is 10.1. The zero-order chi connectivity index (χ0) is 19.9. The van der Waals surface area contributed by atoms with Gasteiger partial charge in [0.15, 0.2) is 5.78 Å². The summed E-state index contributed by atoms with van der Waals surface area (Å²) in [6, 6.07) is 4.49. The molecule has 0 heterocycles. The van der Waals surface area contributed by atoms with Gasteiger partial charge in [0.25, 0.3) is 0 Å². The molecule has 0 fully saturated rings. The molecule has 1 aromatic carbocycles. The Balaban J connectivity index is 2.89. The minimum Gasteiger partial charge on any atom is -0.507 e. The predicted molar refractivity (Wildman–Crippen MR) is 96.8 cm³/mol. The number of benzene rings is 1. The fourth-order valence-corrected chi connectivity index (χ4v) is 2.03. The number of hydrogen-bond donors (Lipinski definition) is 1. The molecule has 0 radical (unpaired) electrons. The molecule has 0 saturated heterocycles. The van der Waals surface area contributed by atoms with Gasteiger partial charge < -0.3 is 14.6 Å². The number of esters is 2. The maximum absolute atomic E-state index is 12.2. The number of rotatable bonds is 7. The summed E-state index contributed by atoms with van der Waals surface area (Å²) >= 11 is 0. The molecule has 0 aliphatic heterocycles. The van der Waals surface area contributed by atoms with E-state index in [4.69, 9.17) is 9.47 Å². The van der Waals surface area contributed by atoms with Crippen LogP contribution in [0.3, 0.4) is 0 Å². The van der Waals surface area contributed by atoms with Crippen LogP contribution in [0.5, 0.6) is 5.75 Å². The first-order chi connectivity index (χ1) is 12.1. The minimum atomic E-state index is -0.626. The van der Waals surface area contributed by atoms with Crippen LogP contribution in [0.2, 0.25) is 0 Å². The summed E-state index contributed by atoms with van der Waals surface area (Å²) in [7, 11) is 0. The van der Waals surface area contributed by atoms with Gasteiger partial charge in [-0.05, 0) is 57.5 Å². The van der Waals surface area contributed by atoms with Crippen molar-refractivity contribution in [3.05, 3.63) is 52.6 Å². The first-order valence-corrected chi connectivity index (χ1v) is 8.15. The summed E-state index contributed by atoms with van der Waals surface area (Å²) in [5, 5.41) is 9.90. The van der Waals surface area contributed by atoms with Crippen molar-refractivity contribution in [2.24, 2.45) is 0 Å². The summed E-state index contributed by atoms with van der Waals surface area (Å²) in [4.78, 5) is 35.0. The molecule has 1 N–H and O–H groups in total. The van der Waals surface area contributed by atoms with Crippen LogP contribution >= 0.6 is 0 Å².